The van der Waals surface area contributed by atoms with E-state index in [1.54, 1.807) is 5.70 Å². The lowest BCUT2D eigenvalue weighted by atomic mass is 10.0. The zero-order valence-corrected chi connectivity index (χ0v) is 8.13. The lowest BCUT2D eigenvalue weighted by molar-refractivity contribution is 0.370. The first-order valence-electron chi connectivity index (χ1n) is 5.30. The first-order chi connectivity index (χ1) is 6.42. The Kier molecular flexibility index (Phi) is 2.59. The van der Waals surface area contributed by atoms with Gasteiger partial charge in [-0.15, -0.1) is 12.3 Å². The highest BCUT2D eigenvalue weighted by molar-refractivity contribution is 5.15. The van der Waals surface area contributed by atoms with Gasteiger partial charge in [0.2, 0.25) is 0 Å². The molecule has 2 rings (SSSR count). The molecule has 1 heteroatoms. The number of nitrogens with zero attached hydrogens (tertiary/aromatic N) is 1. The minimum atomic E-state index is 0.670. The molecule has 0 aromatic heterocycles. The van der Waals surface area contributed by atoms with E-state index in [-0.39, 0.29) is 0 Å². The summed E-state index contributed by atoms with van der Waals surface area (Å²) in [6.45, 7) is 2.51. The van der Waals surface area contributed by atoms with Gasteiger partial charge in [0.15, 0.2) is 0 Å². The predicted molar refractivity (Wildman–Crippen MR) is 55.1 cm³/mol. The fourth-order valence-electron chi connectivity index (χ4n) is 2.46. The van der Waals surface area contributed by atoms with E-state index in [1.807, 2.05) is 0 Å². The van der Waals surface area contributed by atoms with Gasteiger partial charge >= 0.3 is 0 Å². The summed E-state index contributed by atoms with van der Waals surface area (Å²) in [5.74, 6) is 3.47. The second-order valence-corrected chi connectivity index (χ2v) is 4.01. The Morgan fingerprint density at radius 3 is 2.92 bits per heavy atom. The van der Waals surface area contributed by atoms with Gasteiger partial charge in [0.05, 0.1) is 0 Å². The number of likely N-dealkylation sites (tertiary alicyclic amines) is 1. The molecule has 70 valence electrons. The van der Waals surface area contributed by atoms with Gasteiger partial charge in [-0.25, -0.2) is 0 Å². The Morgan fingerprint density at radius 2 is 2.23 bits per heavy atom. The fourth-order valence-corrected chi connectivity index (χ4v) is 2.46. The summed E-state index contributed by atoms with van der Waals surface area (Å²) in [6, 6.07) is 0. The van der Waals surface area contributed by atoms with Crippen molar-refractivity contribution in [2.75, 3.05) is 13.1 Å². The second-order valence-electron chi connectivity index (χ2n) is 4.01. The molecule has 0 aromatic rings. The molecule has 0 aromatic carbocycles. The summed E-state index contributed by atoms with van der Waals surface area (Å²) >= 11 is 0. The average Bonchev–Trinajstić information content (AvgIpc) is 2.71. The molecule has 1 nitrogen and oxygen atoms in total. The van der Waals surface area contributed by atoms with Crippen LogP contribution in [0, 0.1) is 18.3 Å². The molecule has 0 radical (unpaired) electrons. The van der Waals surface area contributed by atoms with Crippen LogP contribution in [-0.4, -0.2) is 18.0 Å². The summed E-state index contributed by atoms with van der Waals surface area (Å²) < 4.78 is 0. The zero-order valence-electron chi connectivity index (χ0n) is 8.13. The quantitative estimate of drug-likeness (QED) is 0.582. The molecule has 0 bridgehead atoms. The summed E-state index contributed by atoms with van der Waals surface area (Å²) in [5, 5.41) is 0. The molecule has 2 aliphatic rings. The van der Waals surface area contributed by atoms with Gasteiger partial charge in [-0.2, -0.15) is 0 Å². The van der Waals surface area contributed by atoms with Crippen LogP contribution in [-0.2, 0) is 0 Å². The molecule has 0 spiro atoms. The van der Waals surface area contributed by atoms with Crippen LogP contribution in [0.25, 0.3) is 0 Å². The highest BCUT2D eigenvalue weighted by Crippen LogP contribution is 2.32. The molecule has 0 N–H and O–H groups in total. The fraction of sp³-hybridized carbons (Fsp3) is 0.667. The van der Waals surface area contributed by atoms with Crippen LogP contribution >= 0.6 is 0 Å². The highest BCUT2D eigenvalue weighted by atomic mass is 15.2. The third kappa shape index (κ3) is 1.72. The van der Waals surface area contributed by atoms with Crippen molar-refractivity contribution in [2.45, 2.75) is 32.1 Å². The standard InChI is InChI=1S/C12H17N/c1-2-6-11-7-5-8-12(11)13-9-3-4-10-13/h1,8,11H,3-7,9-10H2. The van der Waals surface area contributed by atoms with Gasteiger partial charge in [-0.3, -0.25) is 0 Å². The summed E-state index contributed by atoms with van der Waals surface area (Å²) in [5.41, 5.74) is 1.55. The van der Waals surface area contributed by atoms with E-state index >= 15 is 0 Å². The molecule has 1 aliphatic heterocycles. The van der Waals surface area contributed by atoms with Crippen LogP contribution in [0.15, 0.2) is 11.8 Å². The van der Waals surface area contributed by atoms with Crippen molar-refractivity contribution in [3.05, 3.63) is 11.8 Å². The van der Waals surface area contributed by atoms with Crippen LogP contribution < -0.4 is 0 Å². The molecule has 1 unspecified atom stereocenters. The van der Waals surface area contributed by atoms with Gasteiger partial charge in [-0.05, 0) is 25.7 Å². The van der Waals surface area contributed by atoms with Gasteiger partial charge < -0.3 is 4.90 Å². The van der Waals surface area contributed by atoms with E-state index in [4.69, 9.17) is 6.42 Å². The SMILES string of the molecule is C#CCC1CCC=C1N1CCCC1. The van der Waals surface area contributed by atoms with Crippen LogP contribution in [0.4, 0.5) is 0 Å². The lowest BCUT2D eigenvalue weighted by Gasteiger charge is -2.24. The molecular formula is C12H17N. The van der Waals surface area contributed by atoms with Gasteiger partial charge in [-0.1, -0.05) is 6.08 Å². The zero-order chi connectivity index (χ0) is 9.10. The van der Waals surface area contributed by atoms with E-state index in [9.17, 15) is 0 Å². The number of hydrogen-bond acceptors (Lipinski definition) is 1. The Morgan fingerprint density at radius 1 is 1.46 bits per heavy atom. The van der Waals surface area contributed by atoms with Crippen LogP contribution in [0.5, 0.6) is 0 Å². The largest absolute Gasteiger partial charge is 0.375 e. The van der Waals surface area contributed by atoms with Crippen molar-refractivity contribution in [3.8, 4) is 12.3 Å². The minimum Gasteiger partial charge on any atom is -0.375 e. The summed E-state index contributed by atoms with van der Waals surface area (Å²) in [4.78, 5) is 2.54. The molecule has 0 saturated carbocycles. The normalized spacial score (nSPS) is 27.5. The molecular weight excluding hydrogens is 158 g/mol. The molecule has 1 atom stereocenters. The molecule has 1 fully saturated rings. The second kappa shape index (κ2) is 3.87. The predicted octanol–water partition coefficient (Wildman–Crippen LogP) is 2.40. The minimum absolute atomic E-state index is 0.670. The van der Waals surface area contributed by atoms with Gasteiger partial charge in [0, 0.05) is 31.1 Å². The Bertz CT molecular complexity index is 240. The Hall–Kier alpha value is -0.900. The number of allylic oxidation sites excluding steroid dienone is 2. The van der Waals surface area contributed by atoms with Gasteiger partial charge in [0.25, 0.3) is 0 Å². The highest BCUT2D eigenvalue weighted by Gasteiger charge is 2.24. The molecule has 1 aliphatic carbocycles. The van der Waals surface area contributed by atoms with E-state index in [0.29, 0.717) is 5.92 Å². The number of rotatable bonds is 2. The lowest BCUT2D eigenvalue weighted by Crippen LogP contribution is -2.22. The monoisotopic (exact) mass is 175 g/mol. The maximum atomic E-state index is 5.37. The maximum absolute atomic E-state index is 5.37. The molecule has 1 heterocycles. The van der Waals surface area contributed by atoms with Crippen molar-refractivity contribution in [1.82, 2.24) is 4.90 Å². The van der Waals surface area contributed by atoms with Crippen molar-refractivity contribution >= 4 is 0 Å². The number of terminal acetylenes is 1. The third-order valence-corrected chi connectivity index (χ3v) is 3.12. The third-order valence-electron chi connectivity index (χ3n) is 3.12. The topological polar surface area (TPSA) is 3.24 Å². The summed E-state index contributed by atoms with van der Waals surface area (Å²) in [6.07, 6.45) is 13.9. The van der Waals surface area contributed by atoms with Crippen LogP contribution in [0.2, 0.25) is 0 Å². The van der Waals surface area contributed by atoms with E-state index in [2.05, 4.69) is 16.9 Å². The van der Waals surface area contributed by atoms with Crippen molar-refractivity contribution in [3.63, 3.8) is 0 Å². The van der Waals surface area contributed by atoms with E-state index in [0.717, 1.165) is 6.42 Å². The van der Waals surface area contributed by atoms with Gasteiger partial charge in [0.1, 0.15) is 0 Å². The molecule has 1 saturated heterocycles. The average molecular weight is 175 g/mol. The first kappa shape index (κ1) is 8.69. The van der Waals surface area contributed by atoms with Crippen LogP contribution in [0.1, 0.15) is 32.1 Å². The Balaban J connectivity index is 2.00. The van der Waals surface area contributed by atoms with E-state index in [1.165, 1.54) is 38.8 Å². The first-order valence-corrected chi connectivity index (χ1v) is 5.30. The Labute approximate surface area is 80.8 Å². The molecule has 13 heavy (non-hydrogen) atoms. The number of hydrogen-bond donors (Lipinski definition) is 0. The maximum Gasteiger partial charge on any atom is 0.0175 e. The smallest absolute Gasteiger partial charge is 0.0175 e. The van der Waals surface area contributed by atoms with Crippen molar-refractivity contribution in [1.29, 1.82) is 0 Å². The van der Waals surface area contributed by atoms with Crippen LogP contribution in [0.3, 0.4) is 0 Å². The molecule has 0 amide bonds. The van der Waals surface area contributed by atoms with Crippen molar-refractivity contribution < 1.29 is 0 Å². The van der Waals surface area contributed by atoms with Crippen molar-refractivity contribution in [2.24, 2.45) is 5.92 Å². The van der Waals surface area contributed by atoms with E-state index < -0.39 is 0 Å². The summed E-state index contributed by atoms with van der Waals surface area (Å²) in [7, 11) is 0.